The standard InChI is InChI=1S/C11H11BrN2O3/c12-8-2-1-6(13)5-7(8)9(15)14-11(3-4-11)10(16)17/h1-2,5H,3-4,13H2,(H,14,15)(H,16,17). The molecule has 5 nitrogen and oxygen atoms in total. The second kappa shape index (κ2) is 4.03. The summed E-state index contributed by atoms with van der Waals surface area (Å²) in [7, 11) is 0. The first-order chi connectivity index (χ1) is 7.94. The Morgan fingerprint density at radius 2 is 2.06 bits per heavy atom. The molecule has 1 aliphatic rings. The molecule has 0 bridgehead atoms. The number of nitrogens with two attached hydrogens (primary N) is 1. The number of hydrogen-bond donors (Lipinski definition) is 3. The molecule has 1 fully saturated rings. The highest BCUT2D eigenvalue weighted by molar-refractivity contribution is 9.10. The molecule has 1 aliphatic carbocycles. The van der Waals surface area contributed by atoms with Crippen LogP contribution in [0.15, 0.2) is 22.7 Å². The summed E-state index contributed by atoms with van der Waals surface area (Å²) in [5.41, 5.74) is 5.31. The predicted molar refractivity (Wildman–Crippen MR) is 65.6 cm³/mol. The van der Waals surface area contributed by atoms with E-state index in [2.05, 4.69) is 21.2 Å². The van der Waals surface area contributed by atoms with Gasteiger partial charge in [0.05, 0.1) is 5.56 Å². The molecule has 0 unspecified atom stereocenters. The van der Waals surface area contributed by atoms with Crippen LogP contribution in [-0.4, -0.2) is 22.5 Å². The van der Waals surface area contributed by atoms with E-state index in [0.29, 0.717) is 28.6 Å². The van der Waals surface area contributed by atoms with E-state index in [1.165, 1.54) is 6.07 Å². The fourth-order valence-corrected chi connectivity index (χ4v) is 1.95. The van der Waals surface area contributed by atoms with E-state index < -0.39 is 17.4 Å². The van der Waals surface area contributed by atoms with Crippen molar-refractivity contribution in [1.82, 2.24) is 5.32 Å². The lowest BCUT2D eigenvalue weighted by Gasteiger charge is -2.13. The molecule has 0 aromatic heterocycles. The molecule has 6 heteroatoms. The van der Waals surface area contributed by atoms with Gasteiger partial charge in [-0.05, 0) is 47.0 Å². The number of anilines is 1. The molecule has 0 spiro atoms. The zero-order chi connectivity index (χ0) is 12.6. The summed E-state index contributed by atoms with van der Waals surface area (Å²) in [6.45, 7) is 0. The van der Waals surface area contributed by atoms with E-state index in [9.17, 15) is 9.59 Å². The van der Waals surface area contributed by atoms with Crippen molar-refractivity contribution < 1.29 is 14.7 Å². The SMILES string of the molecule is Nc1ccc(Br)c(C(=O)NC2(C(=O)O)CC2)c1. The van der Waals surface area contributed by atoms with Crippen LogP contribution >= 0.6 is 15.9 Å². The number of halogens is 1. The normalized spacial score (nSPS) is 16.3. The Hall–Kier alpha value is -1.56. The fraction of sp³-hybridized carbons (Fsp3) is 0.273. The first kappa shape index (κ1) is 11.9. The van der Waals surface area contributed by atoms with Crippen molar-refractivity contribution in [2.24, 2.45) is 0 Å². The van der Waals surface area contributed by atoms with Gasteiger partial charge >= 0.3 is 5.97 Å². The molecule has 2 rings (SSSR count). The number of benzene rings is 1. The molecular formula is C11H11BrN2O3. The number of aliphatic carboxylic acids is 1. The van der Waals surface area contributed by atoms with Crippen molar-refractivity contribution >= 4 is 33.5 Å². The van der Waals surface area contributed by atoms with Gasteiger partial charge in [0.2, 0.25) is 0 Å². The highest BCUT2D eigenvalue weighted by Crippen LogP contribution is 2.36. The van der Waals surface area contributed by atoms with Crippen LogP contribution in [0.2, 0.25) is 0 Å². The van der Waals surface area contributed by atoms with E-state index in [1.54, 1.807) is 12.1 Å². The van der Waals surface area contributed by atoms with Crippen molar-refractivity contribution in [1.29, 1.82) is 0 Å². The summed E-state index contributed by atoms with van der Waals surface area (Å²) in [5.74, 6) is -1.42. The molecule has 0 radical (unpaired) electrons. The summed E-state index contributed by atoms with van der Waals surface area (Å²) in [6, 6.07) is 4.83. The summed E-state index contributed by atoms with van der Waals surface area (Å²) in [5, 5.41) is 11.5. The minimum atomic E-state index is -1.08. The number of carbonyl (C=O) groups is 2. The lowest BCUT2D eigenvalue weighted by Crippen LogP contribution is -2.43. The molecule has 1 amide bonds. The van der Waals surface area contributed by atoms with E-state index in [4.69, 9.17) is 10.8 Å². The van der Waals surface area contributed by atoms with E-state index in [0.717, 1.165) is 0 Å². The molecule has 0 aliphatic heterocycles. The number of amides is 1. The maximum Gasteiger partial charge on any atom is 0.329 e. The largest absolute Gasteiger partial charge is 0.480 e. The fourth-order valence-electron chi connectivity index (χ4n) is 1.52. The highest BCUT2D eigenvalue weighted by Gasteiger charge is 2.51. The first-order valence-electron chi connectivity index (χ1n) is 5.05. The summed E-state index contributed by atoms with van der Waals surface area (Å²) >= 11 is 3.23. The number of nitrogens with one attached hydrogen (secondary N) is 1. The third kappa shape index (κ3) is 2.26. The first-order valence-corrected chi connectivity index (χ1v) is 5.85. The van der Waals surface area contributed by atoms with Gasteiger partial charge in [0.1, 0.15) is 5.54 Å². The van der Waals surface area contributed by atoms with Gasteiger partial charge in [-0.3, -0.25) is 4.79 Å². The predicted octanol–water partition coefficient (Wildman–Crippen LogP) is 1.38. The van der Waals surface area contributed by atoms with Gasteiger partial charge in [-0.15, -0.1) is 0 Å². The molecule has 0 saturated heterocycles. The number of rotatable bonds is 3. The second-order valence-electron chi connectivity index (χ2n) is 4.08. The Bertz CT molecular complexity index is 497. The maximum absolute atomic E-state index is 11.9. The van der Waals surface area contributed by atoms with Crippen molar-refractivity contribution in [3.63, 3.8) is 0 Å². The van der Waals surface area contributed by atoms with Gasteiger partial charge in [-0.1, -0.05) is 0 Å². The maximum atomic E-state index is 11.9. The lowest BCUT2D eigenvalue weighted by atomic mass is 10.1. The Morgan fingerprint density at radius 1 is 1.41 bits per heavy atom. The van der Waals surface area contributed by atoms with Crippen molar-refractivity contribution in [3.05, 3.63) is 28.2 Å². The summed E-state index contributed by atoms with van der Waals surface area (Å²) < 4.78 is 0.588. The van der Waals surface area contributed by atoms with Crippen LogP contribution in [-0.2, 0) is 4.79 Å². The van der Waals surface area contributed by atoms with Gasteiger partial charge in [-0.25, -0.2) is 4.79 Å². The smallest absolute Gasteiger partial charge is 0.329 e. The van der Waals surface area contributed by atoms with Crippen LogP contribution in [0.3, 0.4) is 0 Å². The second-order valence-corrected chi connectivity index (χ2v) is 4.94. The van der Waals surface area contributed by atoms with Crippen molar-refractivity contribution in [2.75, 3.05) is 5.73 Å². The Balaban J connectivity index is 2.21. The van der Waals surface area contributed by atoms with Gasteiger partial charge in [0, 0.05) is 10.2 Å². The number of carboxylic acids is 1. The van der Waals surface area contributed by atoms with Gasteiger partial charge in [-0.2, -0.15) is 0 Å². The zero-order valence-electron chi connectivity index (χ0n) is 8.87. The number of carboxylic acid groups (broad SMARTS) is 1. The van der Waals surface area contributed by atoms with Gasteiger partial charge in [0.25, 0.3) is 5.91 Å². The average molecular weight is 299 g/mol. The highest BCUT2D eigenvalue weighted by atomic mass is 79.9. The van der Waals surface area contributed by atoms with Crippen LogP contribution in [0.4, 0.5) is 5.69 Å². The summed E-state index contributed by atoms with van der Waals surface area (Å²) in [4.78, 5) is 22.9. The number of nitrogen functional groups attached to an aromatic ring is 1. The topological polar surface area (TPSA) is 92.4 Å². The average Bonchev–Trinajstić information content (AvgIpc) is 3.02. The molecule has 0 atom stereocenters. The molecule has 1 saturated carbocycles. The molecule has 17 heavy (non-hydrogen) atoms. The lowest BCUT2D eigenvalue weighted by molar-refractivity contribution is -0.140. The monoisotopic (exact) mass is 298 g/mol. The number of hydrogen-bond acceptors (Lipinski definition) is 3. The third-order valence-corrected chi connectivity index (χ3v) is 3.44. The molecular weight excluding hydrogens is 288 g/mol. The van der Waals surface area contributed by atoms with E-state index in [1.807, 2.05) is 0 Å². The molecule has 90 valence electrons. The van der Waals surface area contributed by atoms with Gasteiger partial charge in [0.15, 0.2) is 0 Å². The Morgan fingerprint density at radius 3 is 2.59 bits per heavy atom. The molecule has 1 aromatic carbocycles. The minimum Gasteiger partial charge on any atom is -0.480 e. The van der Waals surface area contributed by atoms with Gasteiger partial charge < -0.3 is 16.2 Å². The molecule has 0 heterocycles. The van der Waals surface area contributed by atoms with Crippen molar-refractivity contribution in [3.8, 4) is 0 Å². The van der Waals surface area contributed by atoms with Crippen LogP contribution in [0.1, 0.15) is 23.2 Å². The van der Waals surface area contributed by atoms with E-state index >= 15 is 0 Å². The van der Waals surface area contributed by atoms with Crippen LogP contribution in [0.25, 0.3) is 0 Å². The zero-order valence-corrected chi connectivity index (χ0v) is 10.5. The molecule has 4 N–H and O–H groups in total. The van der Waals surface area contributed by atoms with Crippen molar-refractivity contribution in [2.45, 2.75) is 18.4 Å². The van der Waals surface area contributed by atoms with Crippen LogP contribution in [0, 0.1) is 0 Å². The third-order valence-electron chi connectivity index (χ3n) is 2.75. The van der Waals surface area contributed by atoms with Crippen LogP contribution < -0.4 is 11.1 Å². The quantitative estimate of drug-likeness (QED) is 0.735. The minimum absolute atomic E-state index is 0.345. The summed E-state index contributed by atoms with van der Waals surface area (Å²) in [6.07, 6.45) is 0.933. The van der Waals surface area contributed by atoms with E-state index in [-0.39, 0.29) is 0 Å². The number of carbonyl (C=O) groups excluding carboxylic acids is 1. The Labute approximate surface area is 106 Å². The Kier molecular flexibility index (Phi) is 2.82. The molecule has 1 aromatic rings. The van der Waals surface area contributed by atoms with Crippen LogP contribution in [0.5, 0.6) is 0 Å².